The molecule has 0 saturated heterocycles. The Hall–Kier alpha value is -1.46. The summed E-state index contributed by atoms with van der Waals surface area (Å²) < 4.78 is 1.02. The number of benzene rings is 1. The van der Waals surface area contributed by atoms with Gasteiger partial charge in [0.05, 0.1) is 22.8 Å². The highest BCUT2D eigenvalue weighted by molar-refractivity contribution is 9.10. The van der Waals surface area contributed by atoms with Crippen LogP contribution in [0.5, 0.6) is 0 Å². The van der Waals surface area contributed by atoms with Gasteiger partial charge in [-0.2, -0.15) is 0 Å². The molecule has 0 N–H and O–H groups in total. The molecule has 0 aliphatic heterocycles. The van der Waals surface area contributed by atoms with Gasteiger partial charge in [-0.3, -0.25) is 0 Å². The van der Waals surface area contributed by atoms with Crippen LogP contribution in [0.2, 0.25) is 0 Å². The molecule has 0 bridgehead atoms. The average Bonchev–Trinajstić information content (AvgIpc) is 2.84. The smallest absolute Gasteiger partial charge is 0.129 e. The minimum Gasteiger partial charge on any atom is -0.354 e. The van der Waals surface area contributed by atoms with Gasteiger partial charge in [0.25, 0.3) is 0 Å². The van der Waals surface area contributed by atoms with E-state index in [0.717, 1.165) is 38.4 Å². The van der Waals surface area contributed by atoms with Crippen molar-refractivity contribution < 1.29 is 0 Å². The molecule has 20 heavy (non-hydrogen) atoms. The molecule has 102 valence electrons. The van der Waals surface area contributed by atoms with Crippen LogP contribution in [0.4, 0.5) is 5.82 Å². The molecule has 3 aromatic rings. The Morgan fingerprint density at radius 1 is 1.20 bits per heavy atom. The first-order valence-electron chi connectivity index (χ1n) is 6.31. The second kappa shape index (κ2) is 5.50. The molecule has 3 nitrogen and oxygen atoms in total. The zero-order chi connectivity index (χ0) is 14.1. The molecule has 0 unspecified atom stereocenters. The van der Waals surface area contributed by atoms with Crippen LogP contribution in [0.1, 0.15) is 10.7 Å². The predicted octanol–water partition coefficient (Wildman–Crippen LogP) is 4.40. The highest BCUT2D eigenvalue weighted by Crippen LogP contribution is 2.25. The molecule has 0 amide bonds. The number of para-hydroxylation sites is 1. The van der Waals surface area contributed by atoms with Gasteiger partial charge in [0, 0.05) is 22.3 Å². The number of anilines is 1. The highest BCUT2D eigenvalue weighted by Gasteiger charge is 2.08. The second-order valence-corrected chi connectivity index (χ2v) is 6.61. The van der Waals surface area contributed by atoms with E-state index in [1.807, 2.05) is 32.2 Å². The van der Waals surface area contributed by atoms with Crippen molar-refractivity contribution in [3.05, 3.63) is 50.9 Å². The fourth-order valence-corrected chi connectivity index (χ4v) is 3.19. The molecule has 3 rings (SSSR count). The number of nitrogens with zero attached hydrogens (tertiary/aromatic N) is 3. The summed E-state index contributed by atoms with van der Waals surface area (Å²) in [5.41, 5.74) is 2.08. The fraction of sp³-hybridized carbons (Fsp3) is 0.200. The van der Waals surface area contributed by atoms with Crippen molar-refractivity contribution in [1.82, 2.24) is 9.97 Å². The monoisotopic (exact) mass is 347 g/mol. The first-order valence-corrected chi connectivity index (χ1v) is 7.98. The molecule has 0 aliphatic carbocycles. The molecule has 5 heteroatoms. The third kappa shape index (κ3) is 2.69. The quantitative estimate of drug-likeness (QED) is 0.703. The summed E-state index contributed by atoms with van der Waals surface area (Å²) in [6, 6.07) is 10.3. The van der Waals surface area contributed by atoms with Crippen LogP contribution >= 0.6 is 27.3 Å². The molecule has 2 heterocycles. The number of aryl methyl sites for hydroxylation is 1. The van der Waals surface area contributed by atoms with Gasteiger partial charge in [-0.25, -0.2) is 9.97 Å². The van der Waals surface area contributed by atoms with Gasteiger partial charge in [0.15, 0.2) is 0 Å². The first-order chi connectivity index (χ1) is 9.63. The summed E-state index contributed by atoms with van der Waals surface area (Å²) in [6.45, 7) is 2.80. The van der Waals surface area contributed by atoms with E-state index in [0.29, 0.717) is 0 Å². The van der Waals surface area contributed by atoms with Crippen molar-refractivity contribution >= 4 is 44.0 Å². The van der Waals surface area contributed by atoms with E-state index in [2.05, 4.69) is 43.3 Å². The largest absolute Gasteiger partial charge is 0.354 e. The van der Waals surface area contributed by atoms with E-state index < -0.39 is 0 Å². The zero-order valence-electron chi connectivity index (χ0n) is 11.3. The highest BCUT2D eigenvalue weighted by atomic mass is 79.9. The lowest BCUT2D eigenvalue weighted by Gasteiger charge is -2.17. The Morgan fingerprint density at radius 2 is 2.05 bits per heavy atom. The average molecular weight is 348 g/mol. The van der Waals surface area contributed by atoms with Gasteiger partial charge < -0.3 is 4.90 Å². The maximum absolute atomic E-state index is 4.73. The van der Waals surface area contributed by atoms with Crippen molar-refractivity contribution in [2.75, 3.05) is 11.9 Å². The number of halogens is 1. The van der Waals surface area contributed by atoms with Crippen LogP contribution in [0.15, 0.2) is 40.2 Å². The standard InChI is InChI=1S/C15H14BrN3S/c1-10-17-12(9-20-10)8-19(2)14-7-6-11-4-3-5-13(16)15(11)18-14/h3-7,9H,8H2,1-2H3. The molecule has 0 saturated carbocycles. The lowest BCUT2D eigenvalue weighted by atomic mass is 10.2. The molecule has 0 radical (unpaired) electrons. The van der Waals surface area contributed by atoms with Gasteiger partial charge in [0.1, 0.15) is 5.82 Å². The molecule has 0 spiro atoms. The molecule has 0 fully saturated rings. The Balaban J connectivity index is 1.91. The van der Waals surface area contributed by atoms with Crippen molar-refractivity contribution in [3.8, 4) is 0 Å². The summed E-state index contributed by atoms with van der Waals surface area (Å²) >= 11 is 5.24. The van der Waals surface area contributed by atoms with Crippen LogP contribution < -0.4 is 4.90 Å². The van der Waals surface area contributed by atoms with Crippen molar-refractivity contribution in [3.63, 3.8) is 0 Å². The van der Waals surface area contributed by atoms with Crippen LogP contribution in [0.3, 0.4) is 0 Å². The van der Waals surface area contributed by atoms with Gasteiger partial charge in [-0.1, -0.05) is 12.1 Å². The minimum atomic E-state index is 0.771. The Labute approximate surface area is 130 Å². The molecule has 0 aliphatic rings. The Morgan fingerprint density at radius 3 is 2.80 bits per heavy atom. The maximum atomic E-state index is 4.73. The Kier molecular flexibility index (Phi) is 3.72. The van der Waals surface area contributed by atoms with E-state index in [9.17, 15) is 0 Å². The SMILES string of the molecule is Cc1nc(CN(C)c2ccc3cccc(Br)c3n2)cs1. The predicted molar refractivity (Wildman–Crippen MR) is 88.4 cm³/mol. The van der Waals surface area contributed by atoms with Crippen molar-refractivity contribution in [2.24, 2.45) is 0 Å². The normalized spacial score (nSPS) is 10.9. The van der Waals surface area contributed by atoms with Crippen molar-refractivity contribution in [2.45, 2.75) is 13.5 Å². The van der Waals surface area contributed by atoms with Gasteiger partial charge in [0.2, 0.25) is 0 Å². The lowest BCUT2D eigenvalue weighted by molar-refractivity contribution is 0.874. The number of fused-ring (bicyclic) bond motifs is 1. The van der Waals surface area contributed by atoms with E-state index in [1.165, 1.54) is 0 Å². The fourth-order valence-electron chi connectivity index (χ4n) is 2.12. The lowest BCUT2D eigenvalue weighted by Crippen LogP contribution is -2.17. The molecule has 0 atom stereocenters. The summed E-state index contributed by atoms with van der Waals surface area (Å²) in [5, 5.41) is 4.34. The number of thiazole rings is 1. The number of hydrogen-bond donors (Lipinski definition) is 0. The topological polar surface area (TPSA) is 29.0 Å². The third-order valence-corrected chi connectivity index (χ3v) is 4.58. The van der Waals surface area contributed by atoms with Gasteiger partial charge >= 0.3 is 0 Å². The molecule has 2 aromatic heterocycles. The van der Waals surface area contributed by atoms with Gasteiger partial charge in [-0.15, -0.1) is 11.3 Å². The van der Waals surface area contributed by atoms with E-state index in [4.69, 9.17) is 4.98 Å². The van der Waals surface area contributed by atoms with E-state index >= 15 is 0 Å². The molecular formula is C15H14BrN3S. The summed E-state index contributed by atoms with van der Waals surface area (Å²) in [6.07, 6.45) is 0. The maximum Gasteiger partial charge on any atom is 0.129 e. The summed E-state index contributed by atoms with van der Waals surface area (Å²) in [7, 11) is 2.04. The summed E-state index contributed by atoms with van der Waals surface area (Å²) in [5.74, 6) is 0.954. The first kappa shape index (κ1) is 13.5. The molecular weight excluding hydrogens is 334 g/mol. The van der Waals surface area contributed by atoms with Crippen molar-refractivity contribution in [1.29, 1.82) is 0 Å². The van der Waals surface area contributed by atoms with Crippen LogP contribution in [0, 0.1) is 6.92 Å². The number of rotatable bonds is 3. The number of aromatic nitrogens is 2. The van der Waals surface area contributed by atoms with Crippen LogP contribution in [0.25, 0.3) is 10.9 Å². The molecule has 1 aromatic carbocycles. The van der Waals surface area contributed by atoms with E-state index in [1.54, 1.807) is 11.3 Å². The van der Waals surface area contributed by atoms with Crippen LogP contribution in [-0.2, 0) is 6.54 Å². The van der Waals surface area contributed by atoms with E-state index in [-0.39, 0.29) is 0 Å². The number of hydrogen-bond acceptors (Lipinski definition) is 4. The Bertz CT molecular complexity index is 754. The second-order valence-electron chi connectivity index (χ2n) is 4.69. The minimum absolute atomic E-state index is 0.771. The zero-order valence-corrected chi connectivity index (χ0v) is 13.7. The summed E-state index contributed by atoms with van der Waals surface area (Å²) in [4.78, 5) is 11.3. The van der Waals surface area contributed by atoms with Gasteiger partial charge in [-0.05, 0) is 41.1 Å². The van der Waals surface area contributed by atoms with Crippen LogP contribution in [-0.4, -0.2) is 17.0 Å². The number of pyridine rings is 1. The third-order valence-electron chi connectivity index (χ3n) is 3.11.